The van der Waals surface area contributed by atoms with Crippen molar-refractivity contribution in [1.29, 1.82) is 0 Å². The van der Waals surface area contributed by atoms with E-state index in [9.17, 15) is 4.79 Å². The number of H-pyrrole nitrogens is 1. The zero-order valence-electron chi connectivity index (χ0n) is 11.7. The van der Waals surface area contributed by atoms with Gasteiger partial charge < -0.3 is 15.4 Å². The summed E-state index contributed by atoms with van der Waals surface area (Å²) in [4.78, 5) is 11.9. The van der Waals surface area contributed by atoms with E-state index in [4.69, 9.17) is 4.74 Å². The van der Waals surface area contributed by atoms with Gasteiger partial charge in [-0.05, 0) is 12.1 Å². The minimum atomic E-state index is -0.0918. The summed E-state index contributed by atoms with van der Waals surface area (Å²) in [5.74, 6) is 1.30. The molecule has 1 aliphatic heterocycles. The van der Waals surface area contributed by atoms with Crippen LogP contribution in [0.2, 0.25) is 0 Å². The molecule has 0 spiro atoms. The van der Waals surface area contributed by atoms with Crippen molar-refractivity contribution in [2.75, 3.05) is 18.5 Å². The minimum absolute atomic E-state index is 0.0918. The maximum Gasteiger partial charge on any atom is 0.229 e. The lowest BCUT2D eigenvalue weighted by atomic mass is 10.1. The first-order valence-corrected chi connectivity index (χ1v) is 7.07. The van der Waals surface area contributed by atoms with Crippen LogP contribution in [0.4, 0.5) is 5.82 Å². The predicted molar refractivity (Wildman–Crippen MR) is 79.2 cm³/mol. The number of para-hydroxylation sites is 1. The van der Waals surface area contributed by atoms with Crippen molar-refractivity contribution in [2.24, 2.45) is 0 Å². The van der Waals surface area contributed by atoms with Gasteiger partial charge in [0.15, 0.2) is 5.82 Å². The molecule has 21 heavy (non-hydrogen) atoms. The maximum absolute atomic E-state index is 11.9. The number of benzene rings is 1. The smallest absolute Gasteiger partial charge is 0.229 e. The van der Waals surface area contributed by atoms with Gasteiger partial charge in [-0.2, -0.15) is 5.10 Å². The number of anilines is 1. The van der Waals surface area contributed by atoms with E-state index in [2.05, 4.69) is 20.8 Å². The molecule has 2 heterocycles. The van der Waals surface area contributed by atoms with Gasteiger partial charge in [-0.3, -0.25) is 9.89 Å². The lowest BCUT2D eigenvalue weighted by molar-refractivity contribution is -0.116. The van der Waals surface area contributed by atoms with Crippen LogP contribution in [0.1, 0.15) is 17.7 Å². The SMILES string of the molecule is O=C(CCOc1ccccc1)Nc1n[nH]c2c1CNCC2. The van der Waals surface area contributed by atoms with Gasteiger partial charge in [-0.15, -0.1) is 0 Å². The Morgan fingerprint density at radius 3 is 3.05 bits per heavy atom. The number of hydrogen-bond donors (Lipinski definition) is 3. The summed E-state index contributed by atoms with van der Waals surface area (Å²) >= 11 is 0. The minimum Gasteiger partial charge on any atom is -0.493 e. The molecule has 110 valence electrons. The van der Waals surface area contributed by atoms with Crippen LogP contribution < -0.4 is 15.4 Å². The fraction of sp³-hybridized carbons (Fsp3) is 0.333. The fourth-order valence-corrected chi connectivity index (χ4v) is 2.30. The molecule has 3 rings (SSSR count). The third kappa shape index (κ3) is 3.41. The largest absolute Gasteiger partial charge is 0.493 e. The molecule has 1 aromatic carbocycles. The number of fused-ring (bicyclic) bond motifs is 1. The maximum atomic E-state index is 11.9. The van der Waals surface area contributed by atoms with E-state index in [1.54, 1.807) is 0 Å². The molecule has 0 saturated carbocycles. The molecule has 0 saturated heterocycles. The van der Waals surface area contributed by atoms with Gasteiger partial charge in [0, 0.05) is 30.8 Å². The lowest BCUT2D eigenvalue weighted by Gasteiger charge is -2.13. The van der Waals surface area contributed by atoms with Crippen LogP contribution in [0.5, 0.6) is 5.75 Å². The van der Waals surface area contributed by atoms with Gasteiger partial charge in [0.05, 0.1) is 13.0 Å². The van der Waals surface area contributed by atoms with Crippen LogP contribution in [0, 0.1) is 0 Å². The molecule has 0 fully saturated rings. The third-order valence-electron chi connectivity index (χ3n) is 3.41. The molecule has 6 heteroatoms. The second kappa shape index (κ2) is 6.41. The molecule has 0 aliphatic carbocycles. The zero-order chi connectivity index (χ0) is 14.5. The first kappa shape index (κ1) is 13.6. The Balaban J connectivity index is 1.49. The highest BCUT2D eigenvalue weighted by Gasteiger charge is 2.17. The summed E-state index contributed by atoms with van der Waals surface area (Å²) in [6.07, 6.45) is 1.21. The summed E-state index contributed by atoms with van der Waals surface area (Å²) in [5.41, 5.74) is 2.16. The van der Waals surface area contributed by atoms with Crippen molar-refractivity contribution in [3.05, 3.63) is 41.6 Å². The van der Waals surface area contributed by atoms with E-state index >= 15 is 0 Å². The highest BCUT2D eigenvalue weighted by Crippen LogP contribution is 2.19. The number of amides is 1. The molecule has 1 amide bonds. The Hall–Kier alpha value is -2.34. The number of carbonyl (C=O) groups excluding carboxylic acids is 1. The first-order valence-electron chi connectivity index (χ1n) is 7.07. The number of nitrogens with zero attached hydrogens (tertiary/aromatic N) is 1. The Morgan fingerprint density at radius 1 is 1.33 bits per heavy atom. The molecule has 6 nitrogen and oxygen atoms in total. The van der Waals surface area contributed by atoms with Crippen molar-refractivity contribution in [3.8, 4) is 5.75 Å². The normalized spacial score (nSPS) is 13.5. The Kier molecular flexibility index (Phi) is 4.16. The van der Waals surface area contributed by atoms with E-state index in [1.165, 1.54) is 0 Å². The summed E-state index contributed by atoms with van der Waals surface area (Å²) < 4.78 is 5.51. The van der Waals surface area contributed by atoms with Crippen molar-refractivity contribution in [1.82, 2.24) is 15.5 Å². The molecule has 0 radical (unpaired) electrons. The second-order valence-corrected chi connectivity index (χ2v) is 4.92. The van der Waals surface area contributed by atoms with Gasteiger partial charge in [-0.25, -0.2) is 0 Å². The van der Waals surface area contributed by atoms with Gasteiger partial charge in [0.25, 0.3) is 0 Å². The molecular formula is C15H18N4O2. The van der Waals surface area contributed by atoms with E-state index in [0.29, 0.717) is 18.8 Å². The Morgan fingerprint density at radius 2 is 2.19 bits per heavy atom. The summed E-state index contributed by atoms with van der Waals surface area (Å²) in [7, 11) is 0. The number of carbonyl (C=O) groups is 1. The van der Waals surface area contributed by atoms with Crippen LogP contribution >= 0.6 is 0 Å². The predicted octanol–water partition coefficient (Wildman–Crippen LogP) is 1.46. The number of aromatic nitrogens is 2. The van der Waals surface area contributed by atoms with Gasteiger partial charge >= 0.3 is 0 Å². The first-order chi connectivity index (χ1) is 10.3. The van der Waals surface area contributed by atoms with Crippen molar-refractivity contribution < 1.29 is 9.53 Å². The number of ether oxygens (including phenoxy) is 1. The summed E-state index contributed by atoms with van der Waals surface area (Å²) in [6.45, 7) is 2.02. The van der Waals surface area contributed by atoms with Crippen LogP contribution in [0.25, 0.3) is 0 Å². The van der Waals surface area contributed by atoms with Gasteiger partial charge in [0.1, 0.15) is 5.75 Å². The van der Waals surface area contributed by atoms with Crippen molar-refractivity contribution in [2.45, 2.75) is 19.4 Å². The number of hydrogen-bond acceptors (Lipinski definition) is 4. The second-order valence-electron chi connectivity index (χ2n) is 4.92. The highest BCUT2D eigenvalue weighted by atomic mass is 16.5. The van der Waals surface area contributed by atoms with E-state index in [0.717, 1.165) is 36.5 Å². The van der Waals surface area contributed by atoms with Crippen LogP contribution in [-0.2, 0) is 17.8 Å². The zero-order valence-corrected chi connectivity index (χ0v) is 11.7. The van der Waals surface area contributed by atoms with E-state index in [1.807, 2.05) is 30.3 Å². The standard InChI is InChI=1S/C15H18N4O2/c20-14(7-9-21-11-4-2-1-3-5-11)17-15-12-10-16-8-6-13(12)18-19-15/h1-5,16H,6-10H2,(H2,17,18,19,20). The van der Waals surface area contributed by atoms with Crippen LogP contribution in [-0.4, -0.2) is 29.3 Å². The van der Waals surface area contributed by atoms with Crippen LogP contribution in [0.3, 0.4) is 0 Å². The van der Waals surface area contributed by atoms with Crippen LogP contribution in [0.15, 0.2) is 30.3 Å². The summed E-state index contributed by atoms with van der Waals surface area (Å²) in [6, 6.07) is 9.46. The Bertz CT molecular complexity index is 609. The van der Waals surface area contributed by atoms with E-state index < -0.39 is 0 Å². The number of nitrogens with one attached hydrogen (secondary N) is 3. The molecular weight excluding hydrogens is 268 g/mol. The average molecular weight is 286 g/mol. The molecule has 0 unspecified atom stereocenters. The Labute approximate surface area is 122 Å². The summed E-state index contributed by atoms with van der Waals surface area (Å²) in [5, 5.41) is 13.2. The van der Waals surface area contributed by atoms with Crippen molar-refractivity contribution in [3.63, 3.8) is 0 Å². The topological polar surface area (TPSA) is 79.0 Å². The number of rotatable bonds is 5. The number of aromatic amines is 1. The monoisotopic (exact) mass is 286 g/mol. The van der Waals surface area contributed by atoms with Gasteiger partial charge in [-0.1, -0.05) is 18.2 Å². The molecule has 0 atom stereocenters. The van der Waals surface area contributed by atoms with Crippen molar-refractivity contribution >= 4 is 11.7 Å². The molecule has 1 aromatic heterocycles. The van der Waals surface area contributed by atoms with E-state index in [-0.39, 0.29) is 5.91 Å². The fourth-order valence-electron chi connectivity index (χ4n) is 2.30. The third-order valence-corrected chi connectivity index (χ3v) is 3.41. The lowest BCUT2D eigenvalue weighted by Crippen LogP contribution is -2.24. The average Bonchev–Trinajstić information content (AvgIpc) is 2.92. The molecule has 3 N–H and O–H groups in total. The molecule has 1 aliphatic rings. The quantitative estimate of drug-likeness (QED) is 0.777. The van der Waals surface area contributed by atoms with Gasteiger partial charge in [0.2, 0.25) is 5.91 Å². The highest BCUT2D eigenvalue weighted by molar-refractivity contribution is 5.90. The molecule has 0 bridgehead atoms. The molecule has 2 aromatic rings.